The van der Waals surface area contributed by atoms with Crippen molar-refractivity contribution in [2.75, 3.05) is 7.05 Å². The Hall–Kier alpha value is -2.57. The van der Waals surface area contributed by atoms with Crippen LogP contribution < -0.4 is 11.1 Å². The van der Waals surface area contributed by atoms with Crippen LogP contribution in [-0.2, 0) is 16.1 Å². The van der Waals surface area contributed by atoms with Gasteiger partial charge in [0.1, 0.15) is 6.04 Å². The molecule has 7 heteroatoms. The minimum atomic E-state index is -1.20. The zero-order chi connectivity index (χ0) is 15.8. The topological polar surface area (TPSA) is 113 Å². The van der Waals surface area contributed by atoms with Crippen molar-refractivity contribution in [2.45, 2.75) is 25.4 Å². The van der Waals surface area contributed by atoms with Gasteiger partial charge in [-0.25, -0.2) is 9.59 Å². The summed E-state index contributed by atoms with van der Waals surface area (Å²) in [6, 6.07) is 7.66. The van der Waals surface area contributed by atoms with E-state index in [1.54, 1.807) is 7.05 Å². The number of carbonyl (C=O) groups is 3. The summed E-state index contributed by atoms with van der Waals surface area (Å²) in [5, 5.41) is 11.4. The molecule has 0 aliphatic rings. The molecule has 21 heavy (non-hydrogen) atoms. The van der Waals surface area contributed by atoms with Crippen LogP contribution >= 0.6 is 0 Å². The van der Waals surface area contributed by atoms with Crippen molar-refractivity contribution in [3.63, 3.8) is 0 Å². The first kappa shape index (κ1) is 16.5. The molecule has 1 aromatic rings. The lowest BCUT2D eigenvalue weighted by molar-refractivity contribution is -0.139. The minimum Gasteiger partial charge on any atom is -0.480 e. The highest BCUT2D eigenvalue weighted by Crippen LogP contribution is 2.04. The van der Waals surface area contributed by atoms with Crippen molar-refractivity contribution in [2.24, 2.45) is 5.73 Å². The monoisotopic (exact) mass is 293 g/mol. The van der Waals surface area contributed by atoms with Gasteiger partial charge < -0.3 is 21.1 Å². The fourth-order valence-electron chi connectivity index (χ4n) is 1.73. The molecule has 1 atom stereocenters. The van der Waals surface area contributed by atoms with Gasteiger partial charge in [0.25, 0.3) is 0 Å². The third kappa shape index (κ3) is 5.94. The molecule has 0 spiro atoms. The fraction of sp³-hybridized carbons (Fsp3) is 0.357. The van der Waals surface area contributed by atoms with E-state index in [0.29, 0.717) is 6.54 Å². The van der Waals surface area contributed by atoms with Gasteiger partial charge in [0.05, 0.1) is 0 Å². The summed E-state index contributed by atoms with van der Waals surface area (Å²) in [4.78, 5) is 35.0. The van der Waals surface area contributed by atoms with E-state index in [0.717, 1.165) is 5.56 Å². The molecule has 1 rings (SSSR count). The van der Waals surface area contributed by atoms with Crippen molar-refractivity contribution >= 4 is 17.9 Å². The largest absolute Gasteiger partial charge is 0.480 e. The lowest BCUT2D eigenvalue weighted by Crippen LogP contribution is -2.46. The van der Waals surface area contributed by atoms with Gasteiger partial charge in [0.2, 0.25) is 5.91 Å². The summed E-state index contributed by atoms with van der Waals surface area (Å²) in [6.45, 7) is 0.356. The van der Waals surface area contributed by atoms with Gasteiger partial charge in [-0.05, 0) is 12.0 Å². The van der Waals surface area contributed by atoms with Gasteiger partial charge in [0.15, 0.2) is 0 Å². The van der Waals surface area contributed by atoms with E-state index in [1.165, 1.54) is 4.90 Å². The van der Waals surface area contributed by atoms with Crippen molar-refractivity contribution < 1.29 is 19.5 Å². The molecule has 0 saturated heterocycles. The summed E-state index contributed by atoms with van der Waals surface area (Å²) in [6.07, 6.45) is -0.130. The second-order valence-electron chi connectivity index (χ2n) is 4.69. The first-order valence-electron chi connectivity index (χ1n) is 6.47. The molecule has 0 radical (unpaired) electrons. The highest BCUT2D eigenvalue weighted by molar-refractivity contribution is 5.83. The van der Waals surface area contributed by atoms with Crippen LogP contribution in [0.5, 0.6) is 0 Å². The summed E-state index contributed by atoms with van der Waals surface area (Å²) >= 11 is 0. The standard InChI is InChI=1S/C14H19N3O4/c1-17(9-10-5-3-2-4-6-10)14(21)16-11(13(19)20)7-8-12(15)18/h2-6,11H,7-9H2,1H3,(H2,15,18)(H,16,21)(H,19,20). The Bertz CT molecular complexity index is 504. The van der Waals surface area contributed by atoms with Crippen molar-refractivity contribution in [1.29, 1.82) is 0 Å². The number of amides is 3. The molecule has 7 nitrogen and oxygen atoms in total. The quantitative estimate of drug-likeness (QED) is 0.681. The predicted octanol–water partition coefficient (Wildman–Crippen LogP) is 0.547. The first-order chi connectivity index (χ1) is 9.90. The van der Waals surface area contributed by atoms with Crippen molar-refractivity contribution in [3.05, 3.63) is 35.9 Å². The molecule has 3 amide bonds. The number of nitrogens with one attached hydrogen (secondary N) is 1. The molecular formula is C14H19N3O4. The average molecular weight is 293 g/mol. The van der Waals surface area contributed by atoms with Crippen LogP contribution in [0.1, 0.15) is 18.4 Å². The summed E-state index contributed by atoms with van der Waals surface area (Å²) in [5.74, 6) is -1.80. The maximum absolute atomic E-state index is 11.9. The number of carbonyl (C=O) groups excluding carboxylic acids is 2. The number of carboxylic acid groups (broad SMARTS) is 1. The van der Waals surface area contributed by atoms with Crippen LogP contribution in [0, 0.1) is 0 Å². The molecule has 0 bridgehead atoms. The normalized spacial score (nSPS) is 11.5. The first-order valence-corrected chi connectivity index (χ1v) is 6.47. The lowest BCUT2D eigenvalue weighted by atomic mass is 10.1. The zero-order valence-corrected chi connectivity index (χ0v) is 11.8. The number of carboxylic acids is 1. The number of primary amides is 1. The number of aliphatic carboxylic acids is 1. The summed E-state index contributed by atoms with van der Waals surface area (Å²) in [5.41, 5.74) is 5.91. The molecule has 0 aromatic heterocycles. The van der Waals surface area contributed by atoms with Crippen LogP contribution in [0.25, 0.3) is 0 Å². The molecule has 0 aliphatic carbocycles. The van der Waals surface area contributed by atoms with Gasteiger partial charge in [-0.1, -0.05) is 30.3 Å². The predicted molar refractivity (Wildman–Crippen MR) is 76.3 cm³/mol. The molecule has 0 fully saturated rings. The Morgan fingerprint density at radius 3 is 2.43 bits per heavy atom. The Kier molecular flexibility index (Phi) is 6.19. The SMILES string of the molecule is CN(Cc1ccccc1)C(=O)NC(CCC(N)=O)C(=O)O. The lowest BCUT2D eigenvalue weighted by Gasteiger charge is -2.21. The van der Waals surface area contributed by atoms with Crippen molar-refractivity contribution in [3.8, 4) is 0 Å². The number of rotatable bonds is 7. The Labute approximate surface area is 122 Å². The van der Waals surface area contributed by atoms with E-state index < -0.39 is 23.9 Å². The number of nitrogens with two attached hydrogens (primary N) is 1. The number of hydrogen-bond donors (Lipinski definition) is 3. The van der Waals surface area contributed by atoms with Crippen LogP contribution in [-0.4, -0.2) is 41.0 Å². The third-order valence-corrected chi connectivity index (χ3v) is 2.88. The molecule has 0 saturated carbocycles. The molecule has 4 N–H and O–H groups in total. The summed E-state index contributed by atoms with van der Waals surface area (Å²) < 4.78 is 0. The van der Waals surface area contributed by atoms with Crippen LogP contribution in [0.2, 0.25) is 0 Å². The number of urea groups is 1. The van der Waals surface area contributed by atoms with E-state index in [1.807, 2.05) is 30.3 Å². The van der Waals surface area contributed by atoms with Gasteiger partial charge in [-0.3, -0.25) is 4.79 Å². The van der Waals surface area contributed by atoms with E-state index >= 15 is 0 Å². The highest BCUT2D eigenvalue weighted by atomic mass is 16.4. The molecule has 114 valence electrons. The Morgan fingerprint density at radius 1 is 1.29 bits per heavy atom. The van der Waals surface area contributed by atoms with Gasteiger partial charge in [-0.15, -0.1) is 0 Å². The molecule has 1 aromatic carbocycles. The average Bonchev–Trinajstić information content (AvgIpc) is 2.43. The maximum atomic E-state index is 11.9. The van der Waals surface area contributed by atoms with Crippen LogP contribution in [0.4, 0.5) is 4.79 Å². The van der Waals surface area contributed by atoms with Crippen LogP contribution in [0.3, 0.4) is 0 Å². The number of nitrogens with zero attached hydrogens (tertiary/aromatic N) is 1. The Balaban J connectivity index is 2.56. The van der Waals surface area contributed by atoms with Gasteiger partial charge in [0, 0.05) is 20.0 Å². The molecule has 0 heterocycles. The van der Waals surface area contributed by atoms with E-state index in [-0.39, 0.29) is 12.8 Å². The molecular weight excluding hydrogens is 274 g/mol. The third-order valence-electron chi connectivity index (χ3n) is 2.88. The van der Waals surface area contributed by atoms with E-state index in [4.69, 9.17) is 10.8 Å². The minimum absolute atomic E-state index is 0.0322. The molecule has 1 unspecified atom stereocenters. The van der Waals surface area contributed by atoms with Gasteiger partial charge in [-0.2, -0.15) is 0 Å². The zero-order valence-electron chi connectivity index (χ0n) is 11.8. The van der Waals surface area contributed by atoms with Crippen LogP contribution in [0.15, 0.2) is 30.3 Å². The van der Waals surface area contributed by atoms with Gasteiger partial charge >= 0.3 is 12.0 Å². The second-order valence-corrected chi connectivity index (χ2v) is 4.69. The maximum Gasteiger partial charge on any atom is 0.326 e. The molecule has 0 aliphatic heterocycles. The summed E-state index contributed by atoms with van der Waals surface area (Å²) in [7, 11) is 1.56. The fourth-order valence-corrected chi connectivity index (χ4v) is 1.73. The second kappa shape index (κ2) is 7.88. The van der Waals surface area contributed by atoms with Crippen molar-refractivity contribution in [1.82, 2.24) is 10.2 Å². The highest BCUT2D eigenvalue weighted by Gasteiger charge is 2.22. The van der Waals surface area contributed by atoms with E-state index in [2.05, 4.69) is 5.32 Å². The van der Waals surface area contributed by atoms with E-state index in [9.17, 15) is 14.4 Å². The number of benzene rings is 1. The smallest absolute Gasteiger partial charge is 0.326 e. The number of hydrogen-bond acceptors (Lipinski definition) is 3. The Morgan fingerprint density at radius 2 is 1.90 bits per heavy atom.